The lowest BCUT2D eigenvalue weighted by atomic mass is 10.1. The molecule has 1 atom stereocenters. The fourth-order valence-electron chi connectivity index (χ4n) is 2.39. The Balaban J connectivity index is 1.81. The number of carbonyl (C=O) groups excluding carboxylic acids is 2. The summed E-state index contributed by atoms with van der Waals surface area (Å²) in [6.45, 7) is 2.01. The van der Waals surface area contributed by atoms with Gasteiger partial charge in [-0.05, 0) is 48.9 Å². The predicted octanol–water partition coefficient (Wildman–Crippen LogP) is 2.74. The smallest absolute Gasteiger partial charge is 0.251 e. The van der Waals surface area contributed by atoms with Gasteiger partial charge in [0.2, 0.25) is 5.91 Å². The van der Waals surface area contributed by atoms with Crippen LogP contribution in [0.25, 0.3) is 0 Å². The van der Waals surface area contributed by atoms with Crippen LogP contribution in [0.4, 0.5) is 0 Å². The average molecular weight is 409 g/mol. The molecule has 0 aromatic heterocycles. The van der Waals surface area contributed by atoms with E-state index in [4.69, 9.17) is 11.6 Å². The van der Waals surface area contributed by atoms with Crippen molar-refractivity contribution >= 4 is 33.3 Å². The number of carbonyl (C=O) groups is 2. The minimum Gasteiger partial charge on any atom is -0.352 e. The Bertz CT molecular complexity index is 910. The maximum Gasteiger partial charge on any atom is 0.251 e. The van der Waals surface area contributed by atoms with Gasteiger partial charge in [-0.2, -0.15) is 0 Å². The molecule has 0 aliphatic heterocycles. The van der Waals surface area contributed by atoms with E-state index in [-0.39, 0.29) is 35.7 Å². The van der Waals surface area contributed by atoms with Crippen LogP contribution >= 0.6 is 11.6 Å². The van der Waals surface area contributed by atoms with E-state index in [1.54, 1.807) is 43.3 Å². The van der Waals surface area contributed by atoms with Crippen molar-refractivity contribution in [1.29, 1.82) is 0 Å². The molecule has 2 amide bonds. The molecule has 2 aromatic rings. The SMILES string of the molecule is CC(NC(=O)CCNC(=O)c1ccc(Cl)cc1)c1ccc(S(C)(=O)=O)cc1. The molecule has 1 unspecified atom stereocenters. The van der Waals surface area contributed by atoms with E-state index in [1.165, 1.54) is 12.1 Å². The van der Waals surface area contributed by atoms with Crippen LogP contribution in [0.1, 0.15) is 35.3 Å². The number of hydrogen-bond donors (Lipinski definition) is 2. The van der Waals surface area contributed by atoms with Crippen molar-refractivity contribution in [3.8, 4) is 0 Å². The van der Waals surface area contributed by atoms with Gasteiger partial charge in [-0.3, -0.25) is 9.59 Å². The van der Waals surface area contributed by atoms with Crippen LogP contribution in [-0.4, -0.2) is 33.0 Å². The summed E-state index contributed by atoms with van der Waals surface area (Å²) in [7, 11) is -3.25. The Hall–Kier alpha value is -2.38. The Labute approximate surface area is 163 Å². The fraction of sp³-hybridized carbons (Fsp3) is 0.263. The van der Waals surface area contributed by atoms with E-state index in [0.29, 0.717) is 10.6 Å². The van der Waals surface area contributed by atoms with E-state index in [1.807, 2.05) is 0 Å². The minimum absolute atomic E-state index is 0.130. The lowest BCUT2D eigenvalue weighted by Crippen LogP contribution is -2.32. The van der Waals surface area contributed by atoms with Crippen LogP contribution < -0.4 is 10.6 Å². The predicted molar refractivity (Wildman–Crippen MR) is 105 cm³/mol. The number of benzene rings is 2. The largest absolute Gasteiger partial charge is 0.352 e. The molecular formula is C19H21ClN2O4S. The molecule has 27 heavy (non-hydrogen) atoms. The zero-order valence-electron chi connectivity index (χ0n) is 15.0. The van der Waals surface area contributed by atoms with E-state index in [9.17, 15) is 18.0 Å². The number of sulfone groups is 1. The topological polar surface area (TPSA) is 92.3 Å². The monoisotopic (exact) mass is 408 g/mol. The van der Waals surface area contributed by atoms with E-state index in [2.05, 4.69) is 10.6 Å². The first-order valence-electron chi connectivity index (χ1n) is 8.30. The maximum atomic E-state index is 12.0. The zero-order valence-corrected chi connectivity index (χ0v) is 16.6. The Kier molecular flexibility index (Phi) is 6.98. The van der Waals surface area contributed by atoms with Crippen molar-refractivity contribution < 1.29 is 18.0 Å². The standard InChI is InChI=1S/C19H21ClN2O4S/c1-13(14-5-9-17(10-6-14)27(2,25)26)22-18(23)11-12-21-19(24)15-3-7-16(20)8-4-15/h3-10,13H,11-12H2,1-2H3,(H,21,24)(H,22,23). The molecule has 0 aliphatic rings. The third kappa shape index (κ3) is 6.37. The fourth-order valence-corrected chi connectivity index (χ4v) is 3.15. The summed E-state index contributed by atoms with van der Waals surface area (Å²) < 4.78 is 22.9. The van der Waals surface area contributed by atoms with Crippen LogP contribution in [-0.2, 0) is 14.6 Å². The molecule has 0 heterocycles. The minimum atomic E-state index is -3.25. The molecule has 0 saturated heterocycles. The van der Waals surface area contributed by atoms with Crippen molar-refractivity contribution in [2.45, 2.75) is 24.3 Å². The third-order valence-corrected chi connectivity index (χ3v) is 5.31. The molecule has 0 saturated carbocycles. The zero-order chi connectivity index (χ0) is 20.0. The molecule has 0 aliphatic carbocycles. The summed E-state index contributed by atoms with van der Waals surface area (Å²) >= 11 is 5.78. The molecule has 0 spiro atoms. The highest BCUT2D eigenvalue weighted by molar-refractivity contribution is 7.90. The first-order chi connectivity index (χ1) is 12.7. The van der Waals surface area contributed by atoms with Crippen LogP contribution in [0.2, 0.25) is 5.02 Å². The van der Waals surface area contributed by atoms with E-state index in [0.717, 1.165) is 11.8 Å². The van der Waals surface area contributed by atoms with Crippen molar-refractivity contribution in [2.24, 2.45) is 0 Å². The summed E-state index contributed by atoms with van der Waals surface area (Å²) in [4.78, 5) is 24.2. The lowest BCUT2D eigenvalue weighted by molar-refractivity contribution is -0.121. The maximum absolute atomic E-state index is 12.0. The van der Waals surface area contributed by atoms with E-state index < -0.39 is 9.84 Å². The molecule has 2 N–H and O–H groups in total. The normalized spacial score (nSPS) is 12.3. The molecular weight excluding hydrogens is 388 g/mol. The molecule has 144 valence electrons. The van der Waals surface area contributed by atoms with Gasteiger partial charge in [-0.25, -0.2) is 8.42 Å². The Morgan fingerprint density at radius 1 is 1.04 bits per heavy atom. The van der Waals surface area contributed by atoms with Gasteiger partial charge < -0.3 is 10.6 Å². The van der Waals surface area contributed by atoms with Gasteiger partial charge in [0, 0.05) is 29.8 Å². The molecule has 2 rings (SSSR count). The molecule has 0 fully saturated rings. The summed E-state index contributed by atoms with van der Waals surface area (Å²) in [6, 6.07) is 12.6. The third-order valence-electron chi connectivity index (χ3n) is 3.93. The van der Waals surface area contributed by atoms with Crippen LogP contribution in [0, 0.1) is 0 Å². The first-order valence-corrected chi connectivity index (χ1v) is 10.6. The number of amides is 2. The Morgan fingerprint density at radius 2 is 1.63 bits per heavy atom. The highest BCUT2D eigenvalue weighted by Crippen LogP contribution is 2.16. The molecule has 2 aromatic carbocycles. The van der Waals surface area contributed by atoms with Crippen LogP contribution in [0.5, 0.6) is 0 Å². The number of nitrogens with one attached hydrogen (secondary N) is 2. The average Bonchev–Trinajstić information content (AvgIpc) is 2.61. The van der Waals surface area contributed by atoms with Gasteiger partial charge in [0.25, 0.3) is 5.91 Å². The quantitative estimate of drug-likeness (QED) is 0.736. The number of hydrogen-bond acceptors (Lipinski definition) is 4. The first kappa shape index (κ1) is 20.9. The molecule has 6 nitrogen and oxygen atoms in total. The van der Waals surface area contributed by atoms with Gasteiger partial charge in [0.05, 0.1) is 10.9 Å². The van der Waals surface area contributed by atoms with Crippen molar-refractivity contribution in [3.63, 3.8) is 0 Å². The second kappa shape index (κ2) is 9.01. The van der Waals surface area contributed by atoms with Crippen molar-refractivity contribution in [3.05, 3.63) is 64.7 Å². The van der Waals surface area contributed by atoms with Gasteiger partial charge in [-0.15, -0.1) is 0 Å². The molecule has 0 radical (unpaired) electrons. The summed E-state index contributed by atoms with van der Waals surface area (Å²) in [5.41, 5.74) is 1.26. The van der Waals surface area contributed by atoms with Gasteiger partial charge in [-0.1, -0.05) is 23.7 Å². The molecule has 8 heteroatoms. The summed E-state index contributed by atoms with van der Waals surface area (Å²) in [5, 5.41) is 6.04. The van der Waals surface area contributed by atoms with Crippen molar-refractivity contribution in [2.75, 3.05) is 12.8 Å². The molecule has 0 bridgehead atoms. The van der Waals surface area contributed by atoms with E-state index >= 15 is 0 Å². The highest BCUT2D eigenvalue weighted by Gasteiger charge is 2.12. The highest BCUT2D eigenvalue weighted by atomic mass is 35.5. The number of rotatable bonds is 7. The van der Waals surface area contributed by atoms with Crippen LogP contribution in [0.15, 0.2) is 53.4 Å². The van der Waals surface area contributed by atoms with Gasteiger partial charge >= 0.3 is 0 Å². The van der Waals surface area contributed by atoms with Crippen LogP contribution in [0.3, 0.4) is 0 Å². The second-order valence-electron chi connectivity index (χ2n) is 6.14. The lowest BCUT2D eigenvalue weighted by Gasteiger charge is -2.15. The van der Waals surface area contributed by atoms with Gasteiger partial charge in [0.15, 0.2) is 9.84 Å². The van der Waals surface area contributed by atoms with Gasteiger partial charge in [0.1, 0.15) is 0 Å². The number of halogens is 1. The Morgan fingerprint density at radius 3 is 2.19 bits per heavy atom. The summed E-state index contributed by atoms with van der Waals surface area (Å²) in [6.07, 6.45) is 1.27. The summed E-state index contributed by atoms with van der Waals surface area (Å²) in [5.74, 6) is -0.491. The second-order valence-corrected chi connectivity index (χ2v) is 8.60. The van der Waals surface area contributed by atoms with Crippen molar-refractivity contribution in [1.82, 2.24) is 10.6 Å².